The monoisotopic (exact) mass is 386 g/mol. The third kappa shape index (κ3) is 5.53. The van der Waals surface area contributed by atoms with Gasteiger partial charge in [-0.05, 0) is 36.9 Å². The molecule has 142 valence electrons. The zero-order valence-electron chi connectivity index (χ0n) is 15.2. The molecule has 0 saturated carbocycles. The van der Waals surface area contributed by atoms with Crippen molar-refractivity contribution >= 4 is 29.3 Å². The van der Waals surface area contributed by atoms with Gasteiger partial charge in [0.2, 0.25) is 5.78 Å². The number of aliphatic hydroxyl groups is 2. The fourth-order valence-corrected chi connectivity index (χ4v) is 2.66. The van der Waals surface area contributed by atoms with Gasteiger partial charge in [0.15, 0.2) is 6.10 Å². The van der Waals surface area contributed by atoms with Gasteiger partial charge in [0, 0.05) is 6.42 Å². The first kappa shape index (κ1) is 20.9. The molecule has 2 aromatic carbocycles. The summed E-state index contributed by atoms with van der Waals surface area (Å²) in [7, 11) is 0. The second kappa shape index (κ2) is 9.50. The van der Waals surface area contributed by atoms with Gasteiger partial charge in [-0.25, -0.2) is 4.79 Å². The summed E-state index contributed by atoms with van der Waals surface area (Å²) in [6.07, 6.45) is -4.47. The van der Waals surface area contributed by atoms with E-state index in [0.717, 1.165) is 11.1 Å². The van der Waals surface area contributed by atoms with Crippen LogP contribution in [0.5, 0.6) is 0 Å². The minimum atomic E-state index is -1.74. The average Bonchev–Trinajstić information content (AvgIpc) is 2.67. The molecule has 0 aromatic heterocycles. The first-order valence-electron chi connectivity index (χ1n) is 8.51. The van der Waals surface area contributed by atoms with E-state index in [0.29, 0.717) is 5.56 Å². The molecule has 5 nitrogen and oxygen atoms in total. The van der Waals surface area contributed by atoms with Crippen molar-refractivity contribution in [2.75, 3.05) is 0 Å². The SMILES string of the molecule is Cc1ccc(C(=O)O[C@@H](CC=S)C(=O)C(O)C(O)c2ccc(C)cc2)cc1. The van der Waals surface area contributed by atoms with Gasteiger partial charge in [-0.3, -0.25) is 4.79 Å². The van der Waals surface area contributed by atoms with Crippen LogP contribution in [0.2, 0.25) is 0 Å². The smallest absolute Gasteiger partial charge is 0.338 e. The van der Waals surface area contributed by atoms with Crippen molar-refractivity contribution < 1.29 is 24.5 Å². The molecule has 0 fully saturated rings. The summed E-state index contributed by atoms with van der Waals surface area (Å²) in [5, 5.41) is 21.8. The number of ether oxygens (including phenoxy) is 1. The number of carbonyl (C=O) groups is 2. The van der Waals surface area contributed by atoms with Crippen molar-refractivity contribution in [1.82, 2.24) is 0 Å². The number of Topliss-reactive ketones (excluding diaryl/α,β-unsaturated/α-hetero) is 1. The van der Waals surface area contributed by atoms with Gasteiger partial charge < -0.3 is 14.9 Å². The average molecular weight is 386 g/mol. The third-order valence-electron chi connectivity index (χ3n) is 4.17. The number of thiocarbonyl (C=S) groups is 1. The van der Waals surface area contributed by atoms with Crippen molar-refractivity contribution in [3.8, 4) is 0 Å². The molecular formula is C21H22O5S. The lowest BCUT2D eigenvalue weighted by Gasteiger charge is -2.22. The number of benzene rings is 2. The van der Waals surface area contributed by atoms with Crippen LogP contribution in [0.3, 0.4) is 0 Å². The highest BCUT2D eigenvalue weighted by Gasteiger charge is 2.33. The van der Waals surface area contributed by atoms with Gasteiger partial charge in [0.25, 0.3) is 0 Å². The van der Waals surface area contributed by atoms with Gasteiger partial charge in [-0.1, -0.05) is 59.7 Å². The van der Waals surface area contributed by atoms with E-state index >= 15 is 0 Å². The van der Waals surface area contributed by atoms with E-state index in [1.165, 1.54) is 5.37 Å². The molecule has 2 aromatic rings. The number of esters is 1. The number of hydrogen-bond acceptors (Lipinski definition) is 6. The topological polar surface area (TPSA) is 83.8 Å². The normalized spacial score (nSPS) is 14.1. The number of hydrogen-bond donors (Lipinski definition) is 2. The molecule has 0 amide bonds. The molecule has 0 radical (unpaired) electrons. The first-order valence-corrected chi connectivity index (χ1v) is 8.98. The summed E-state index contributed by atoms with van der Waals surface area (Å²) in [6.45, 7) is 3.77. The molecule has 0 aliphatic rings. The number of aliphatic hydroxyl groups excluding tert-OH is 2. The Labute approximate surface area is 163 Å². The zero-order valence-corrected chi connectivity index (χ0v) is 16.0. The molecule has 0 aliphatic heterocycles. The predicted octanol–water partition coefficient (Wildman–Crippen LogP) is 2.88. The number of aryl methyl sites for hydroxylation is 2. The Hall–Kier alpha value is -2.41. The fraction of sp³-hybridized carbons (Fsp3) is 0.286. The number of carbonyl (C=O) groups excluding carboxylic acids is 2. The maximum Gasteiger partial charge on any atom is 0.338 e. The molecule has 0 bridgehead atoms. The lowest BCUT2D eigenvalue weighted by molar-refractivity contribution is -0.141. The lowest BCUT2D eigenvalue weighted by atomic mass is 9.97. The van der Waals surface area contributed by atoms with Gasteiger partial charge >= 0.3 is 5.97 Å². The van der Waals surface area contributed by atoms with Gasteiger partial charge in [-0.2, -0.15) is 0 Å². The molecule has 2 unspecified atom stereocenters. The molecule has 27 heavy (non-hydrogen) atoms. The molecule has 0 spiro atoms. The largest absolute Gasteiger partial charge is 0.450 e. The minimum Gasteiger partial charge on any atom is -0.450 e. The Kier molecular flexibility index (Phi) is 7.36. The van der Waals surface area contributed by atoms with Gasteiger partial charge in [-0.15, -0.1) is 0 Å². The van der Waals surface area contributed by atoms with Crippen molar-refractivity contribution in [3.63, 3.8) is 0 Å². The van der Waals surface area contributed by atoms with Crippen LogP contribution in [0.15, 0.2) is 48.5 Å². The van der Waals surface area contributed by atoms with Crippen LogP contribution in [-0.2, 0) is 9.53 Å². The third-order valence-corrected chi connectivity index (χ3v) is 4.37. The molecular weight excluding hydrogens is 364 g/mol. The maximum absolute atomic E-state index is 12.6. The van der Waals surface area contributed by atoms with E-state index in [-0.39, 0.29) is 12.0 Å². The van der Waals surface area contributed by atoms with Crippen molar-refractivity contribution in [3.05, 3.63) is 70.8 Å². The van der Waals surface area contributed by atoms with Crippen LogP contribution in [-0.4, -0.2) is 39.5 Å². The van der Waals surface area contributed by atoms with Crippen LogP contribution in [0, 0.1) is 13.8 Å². The second-order valence-corrected chi connectivity index (χ2v) is 6.70. The Morgan fingerprint density at radius 2 is 1.52 bits per heavy atom. The molecule has 2 rings (SSSR count). The van der Waals surface area contributed by atoms with Crippen molar-refractivity contribution in [2.24, 2.45) is 0 Å². The number of ketones is 1. The lowest BCUT2D eigenvalue weighted by Crippen LogP contribution is -2.39. The summed E-state index contributed by atoms with van der Waals surface area (Å²) in [5.74, 6) is -1.49. The molecule has 0 saturated heterocycles. The van der Waals surface area contributed by atoms with E-state index in [1.54, 1.807) is 48.5 Å². The summed E-state index contributed by atoms with van der Waals surface area (Å²) in [6, 6.07) is 13.5. The highest BCUT2D eigenvalue weighted by Crippen LogP contribution is 2.21. The van der Waals surface area contributed by atoms with Crippen LogP contribution >= 0.6 is 12.2 Å². The highest BCUT2D eigenvalue weighted by atomic mass is 32.1. The van der Waals surface area contributed by atoms with Crippen LogP contribution in [0.1, 0.15) is 39.6 Å². The minimum absolute atomic E-state index is 0.0382. The first-order chi connectivity index (χ1) is 12.8. The van der Waals surface area contributed by atoms with Crippen molar-refractivity contribution in [1.29, 1.82) is 0 Å². The Morgan fingerprint density at radius 1 is 1.00 bits per heavy atom. The Morgan fingerprint density at radius 3 is 2.04 bits per heavy atom. The predicted molar refractivity (Wildman–Crippen MR) is 106 cm³/mol. The van der Waals surface area contributed by atoms with Gasteiger partial charge in [0.05, 0.1) is 5.56 Å². The standard InChI is InChI=1S/C21H22O5S/c1-13-3-7-15(8-4-13)18(22)20(24)19(23)17(11-12-27)26-21(25)16-9-5-14(2)6-10-16/h3-10,12,17-18,20,22,24H,11H2,1-2H3/t17-,18?,20?/m0/s1. The molecule has 2 N–H and O–H groups in total. The summed E-state index contributed by atoms with van der Waals surface area (Å²) in [4.78, 5) is 24.9. The fourth-order valence-electron chi connectivity index (χ4n) is 2.49. The quantitative estimate of drug-likeness (QED) is 0.536. The molecule has 3 atom stereocenters. The van der Waals surface area contributed by atoms with E-state index in [2.05, 4.69) is 0 Å². The Balaban J connectivity index is 2.12. The maximum atomic E-state index is 12.6. The van der Waals surface area contributed by atoms with Crippen LogP contribution < -0.4 is 0 Å². The second-order valence-electron chi connectivity index (χ2n) is 6.37. The molecule has 0 heterocycles. The van der Waals surface area contributed by atoms with E-state index in [4.69, 9.17) is 17.0 Å². The highest BCUT2D eigenvalue weighted by molar-refractivity contribution is 7.78. The van der Waals surface area contributed by atoms with Gasteiger partial charge in [0.1, 0.15) is 12.2 Å². The van der Waals surface area contributed by atoms with Crippen LogP contribution in [0.4, 0.5) is 0 Å². The summed E-state index contributed by atoms with van der Waals surface area (Å²) in [5.41, 5.74) is 2.65. The summed E-state index contributed by atoms with van der Waals surface area (Å²) < 4.78 is 5.25. The van der Waals surface area contributed by atoms with Crippen molar-refractivity contribution in [2.45, 2.75) is 38.6 Å². The van der Waals surface area contributed by atoms with Crippen LogP contribution in [0.25, 0.3) is 0 Å². The molecule has 0 aliphatic carbocycles. The van der Waals surface area contributed by atoms with E-state index in [9.17, 15) is 19.8 Å². The summed E-state index contributed by atoms with van der Waals surface area (Å²) >= 11 is 4.78. The Bertz CT molecular complexity index is 798. The number of rotatable bonds is 8. The zero-order chi connectivity index (χ0) is 20.0. The van der Waals surface area contributed by atoms with E-state index in [1.807, 2.05) is 13.8 Å². The molecule has 6 heteroatoms. The van der Waals surface area contributed by atoms with E-state index < -0.39 is 30.1 Å².